The number of carbonyl (C=O) groups is 1. The molecule has 1 aliphatic carbocycles. The Bertz CT molecular complexity index is 358. The SMILES string of the molecule is CC(C)c1ccc(C(=O)CC2CCC2)cc1. The van der Waals surface area contributed by atoms with Crippen molar-refractivity contribution in [1.82, 2.24) is 0 Å². The molecule has 0 N–H and O–H groups in total. The average molecular weight is 216 g/mol. The summed E-state index contributed by atoms with van der Waals surface area (Å²) in [6.45, 7) is 4.34. The second kappa shape index (κ2) is 4.82. The minimum atomic E-state index is 0.319. The molecule has 0 saturated heterocycles. The smallest absolute Gasteiger partial charge is 0.163 e. The Labute approximate surface area is 97.9 Å². The van der Waals surface area contributed by atoms with Gasteiger partial charge in [0.05, 0.1) is 0 Å². The molecule has 1 aromatic rings. The number of hydrogen-bond donors (Lipinski definition) is 0. The highest BCUT2D eigenvalue weighted by Gasteiger charge is 2.21. The molecule has 0 aromatic heterocycles. The molecule has 1 nitrogen and oxygen atoms in total. The van der Waals surface area contributed by atoms with E-state index in [1.165, 1.54) is 24.8 Å². The van der Waals surface area contributed by atoms with Gasteiger partial charge in [-0.3, -0.25) is 4.79 Å². The van der Waals surface area contributed by atoms with Crippen LogP contribution in [0.5, 0.6) is 0 Å². The summed E-state index contributed by atoms with van der Waals surface area (Å²) in [7, 11) is 0. The zero-order valence-electron chi connectivity index (χ0n) is 10.2. The van der Waals surface area contributed by atoms with Gasteiger partial charge in [0.15, 0.2) is 5.78 Å². The predicted molar refractivity (Wildman–Crippen MR) is 66.8 cm³/mol. The van der Waals surface area contributed by atoms with E-state index in [9.17, 15) is 4.79 Å². The molecule has 0 unspecified atom stereocenters. The molecule has 1 saturated carbocycles. The molecule has 0 atom stereocenters. The highest BCUT2D eigenvalue weighted by atomic mass is 16.1. The van der Waals surface area contributed by atoms with E-state index in [4.69, 9.17) is 0 Å². The molecule has 0 aliphatic heterocycles. The van der Waals surface area contributed by atoms with Crippen molar-refractivity contribution in [2.75, 3.05) is 0 Å². The molecule has 1 aromatic carbocycles. The van der Waals surface area contributed by atoms with Crippen LogP contribution >= 0.6 is 0 Å². The maximum atomic E-state index is 11.9. The summed E-state index contributed by atoms with van der Waals surface area (Å²) >= 11 is 0. The number of ketones is 1. The van der Waals surface area contributed by atoms with Gasteiger partial charge in [-0.1, -0.05) is 57.4 Å². The van der Waals surface area contributed by atoms with Gasteiger partial charge < -0.3 is 0 Å². The number of hydrogen-bond acceptors (Lipinski definition) is 1. The van der Waals surface area contributed by atoms with Crippen LogP contribution in [-0.2, 0) is 0 Å². The molecule has 2 rings (SSSR count). The van der Waals surface area contributed by atoms with Crippen LogP contribution in [0.3, 0.4) is 0 Å². The van der Waals surface area contributed by atoms with Gasteiger partial charge in [-0.15, -0.1) is 0 Å². The third-order valence-corrected chi connectivity index (χ3v) is 3.60. The van der Waals surface area contributed by atoms with Crippen molar-refractivity contribution < 1.29 is 4.79 Å². The van der Waals surface area contributed by atoms with E-state index in [1.54, 1.807) is 0 Å². The van der Waals surface area contributed by atoms with E-state index in [-0.39, 0.29) is 0 Å². The van der Waals surface area contributed by atoms with E-state index >= 15 is 0 Å². The highest BCUT2D eigenvalue weighted by molar-refractivity contribution is 5.96. The molecule has 0 heterocycles. The van der Waals surface area contributed by atoms with Gasteiger partial charge in [0.1, 0.15) is 0 Å². The van der Waals surface area contributed by atoms with Crippen LogP contribution in [0.4, 0.5) is 0 Å². The second-order valence-corrected chi connectivity index (χ2v) is 5.20. The minimum absolute atomic E-state index is 0.319. The first kappa shape index (κ1) is 11.4. The van der Waals surface area contributed by atoms with Gasteiger partial charge in [0, 0.05) is 12.0 Å². The third kappa shape index (κ3) is 2.52. The lowest BCUT2D eigenvalue weighted by Crippen LogP contribution is -2.15. The molecule has 0 spiro atoms. The fourth-order valence-electron chi connectivity index (χ4n) is 2.13. The lowest BCUT2D eigenvalue weighted by atomic mass is 9.81. The van der Waals surface area contributed by atoms with Crippen LogP contribution in [0.25, 0.3) is 0 Å². The molecule has 0 amide bonds. The van der Waals surface area contributed by atoms with Crippen LogP contribution in [0.15, 0.2) is 24.3 Å². The van der Waals surface area contributed by atoms with Crippen molar-refractivity contribution in [2.24, 2.45) is 5.92 Å². The average Bonchev–Trinajstić information content (AvgIpc) is 2.23. The molecular weight excluding hydrogens is 196 g/mol. The van der Waals surface area contributed by atoms with Crippen molar-refractivity contribution >= 4 is 5.78 Å². The lowest BCUT2D eigenvalue weighted by Gasteiger charge is -2.24. The van der Waals surface area contributed by atoms with Crippen LogP contribution in [-0.4, -0.2) is 5.78 Å². The van der Waals surface area contributed by atoms with Gasteiger partial charge in [-0.05, 0) is 17.4 Å². The summed E-state index contributed by atoms with van der Waals surface area (Å²) in [6.07, 6.45) is 4.55. The van der Waals surface area contributed by atoms with Crippen molar-refractivity contribution in [3.63, 3.8) is 0 Å². The van der Waals surface area contributed by atoms with Gasteiger partial charge in [-0.2, -0.15) is 0 Å². The van der Waals surface area contributed by atoms with E-state index in [0.717, 1.165) is 12.0 Å². The fraction of sp³-hybridized carbons (Fsp3) is 0.533. The zero-order chi connectivity index (χ0) is 11.5. The number of carbonyl (C=O) groups excluding carboxylic acids is 1. The van der Waals surface area contributed by atoms with Gasteiger partial charge in [-0.25, -0.2) is 0 Å². The lowest BCUT2D eigenvalue weighted by molar-refractivity contribution is 0.0936. The van der Waals surface area contributed by atoms with E-state index in [1.807, 2.05) is 12.1 Å². The summed E-state index contributed by atoms with van der Waals surface area (Å²) in [6, 6.07) is 8.13. The Kier molecular flexibility index (Phi) is 3.42. The van der Waals surface area contributed by atoms with Crippen molar-refractivity contribution in [3.8, 4) is 0 Å². The first-order chi connectivity index (χ1) is 7.66. The fourth-order valence-corrected chi connectivity index (χ4v) is 2.13. The molecule has 0 radical (unpaired) electrons. The first-order valence-electron chi connectivity index (χ1n) is 6.30. The summed E-state index contributed by atoms with van der Waals surface area (Å²) in [5.74, 6) is 1.52. The quantitative estimate of drug-likeness (QED) is 0.690. The van der Waals surface area contributed by atoms with Crippen molar-refractivity contribution in [2.45, 2.75) is 45.4 Å². The van der Waals surface area contributed by atoms with Crippen LogP contribution in [0, 0.1) is 5.92 Å². The molecule has 0 bridgehead atoms. The Balaban J connectivity index is 2.00. The minimum Gasteiger partial charge on any atom is -0.294 e. The number of benzene rings is 1. The van der Waals surface area contributed by atoms with Gasteiger partial charge in [0.25, 0.3) is 0 Å². The Morgan fingerprint density at radius 1 is 1.25 bits per heavy atom. The predicted octanol–water partition coefficient (Wildman–Crippen LogP) is 4.18. The van der Waals surface area contributed by atoms with Crippen molar-refractivity contribution in [1.29, 1.82) is 0 Å². The monoisotopic (exact) mass is 216 g/mol. The Morgan fingerprint density at radius 3 is 2.31 bits per heavy atom. The normalized spacial score (nSPS) is 16.2. The summed E-state index contributed by atoms with van der Waals surface area (Å²) in [5.41, 5.74) is 2.19. The van der Waals surface area contributed by atoms with E-state index in [0.29, 0.717) is 17.6 Å². The molecular formula is C15H20O. The maximum Gasteiger partial charge on any atom is 0.163 e. The first-order valence-corrected chi connectivity index (χ1v) is 6.30. The molecule has 1 heteroatoms. The Hall–Kier alpha value is -1.11. The molecule has 1 fully saturated rings. The number of rotatable bonds is 4. The van der Waals surface area contributed by atoms with E-state index in [2.05, 4.69) is 26.0 Å². The summed E-state index contributed by atoms with van der Waals surface area (Å²) in [5, 5.41) is 0. The highest BCUT2D eigenvalue weighted by Crippen LogP contribution is 2.30. The third-order valence-electron chi connectivity index (χ3n) is 3.60. The summed E-state index contributed by atoms with van der Waals surface area (Å²) < 4.78 is 0. The van der Waals surface area contributed by atoms with Crippen LogP contribution in [0.2, 0.25) is 0 Å². The number of Topliss-reactive ketones (excluding diaryl/α,β-unsaturated/α-hetero) is 1. The zero-order valence-corrected chi connectivity index (χ0v) is 10.2. The van der Waals surface area contributed by atoms with Crippen LogP contribution < -0.4 is 0 Å². The van der Waals surface area contributed by atoms with Gasteiger partial charge >= 0.3 is 0 Å². The van der Waals surface area contributed by atoms with E-state index < -0.39 is 0 Å². The van der Waals surface area contributed by atoms with Crippen LogP contribution in [0.1, 0.15) is 61.4 Å². The topological polar surface area (TPSA) is 17.1 Å². The molecule has 16 heavy (non-hydrogen) atoms. The van der Waals surface area contributed by atoms with Crippen molar-refractivity contribution in [3.05, 3.63) is 35.4 Å². The maximum absolute atomic E-state index is 11.9. The standard InChI is InChI=1S/C15H20O/c1-11(2)13-6-8-14(9-7-13)15(16)10-12-4-3-5-12/h6-9,11-12H,3-5,10H2,1-2H3. The second-order valence-electron chi connectivity index (χ2n) is 5.20. The Morgan fingerprint density at radius 2 is 1.88 bits per heavy atom. The summed E-state index contributed by atoms with van der Waals surface area (Å²) in [4.78, 5) is 11.9. The van der Waals surface area contributed by atoms with Gasteiger partial charge in [0.2, 0.25) is 0 Å². The molecule has 86 valence electrons. The largest absolute Gasteiger partial charge is 0.294 e. The molecule has 1 aliphatic rings.